The Morgan fingerprint density at radius 2 is 2.15 bits per heavy atom. The van der Waals surface area contributed by atoms with Crippen LogP contribution in [0.5, 0.6) is 0 Å². The van der Waals surface area contributed by atoms with Crippen LogP contribution in [-0.4, -0.2) is 30.3 Å². The van der Waals surface area contributed by atoms with Crippen LogP contribution in [0.1, 0.15) is 13.3 Å². The molecule has 0 radical (unpaired) electrons. The first kappa shape index (κ1) is 12.1. The molecular formula is C7H10ClNO4. The van der Waals surface area contributed by atoms with Gasteiger partial charge in [-0.3, -0.25) is 14.9 Å². The minimum atomic E-state index is -0.673. The zero-order valence-corrected chi connectivity index (χ0v) is 7.85. The van der Waals surface area contributed by atoms with E-state index in [1.54, 1.807) is 0 Å². The Labute approximate surface area is 81.2 Å². The van der Waals surface area contributed by atoms with Crippen molar-refractivity contribution in [2.45, 2.75) is 19.4 Å². The summed E-state index contributed by atoms with van der Waals surface area (Å²) in [5, 5.41) is 2.64. The summed E-state index contributed by atoms with van der Waals surface area (Å²) in [6, 6.07) is -0.638. The van der Waals surface area contributed by atoms with Gasteiger partial charge in [0.25, 0.3) is 0 Å². The first-order valence-corrected chi connectivity index (χ1v) is 3.57. The summed E-state index contributed by atoms with van der Waals surface area (Å²) in [6.45, 7) is 1.33. The van der Waals surface area contributed by atoms with Crippen LogP contribution < -0.4 is 5.32 Å². The number of carbonyl (C=O) groups excluding carboxylic acids is 3. The van der Waals surface area contributed by atoms with Gasteiger partial charge in [0.05, 0.1) is 6.54 Å². The summed E-state index contributed by atoms with van der Waals surface area (Å²) in [5.41, 5.74) is 0. The fraction of sp³-hybridized carbons (Fsp3) is 0.571. The number of ketones is 1. The summed E-state index contributed by atoms with van der Waals surface area (Å²) in [6.07, 6.45) is 0.117. The standard InChI is InChI=1S/C7H9NO4.ClH/c1-4(9)12-7(11)6-2-5(10)3-8-6;/h6,8H,2-3H2,1H3;1H/t6-;/m0./s1. The molecule has 0 amide bonds. The molecule has 1 aliphatic rings. The molecule has 6 heteroatoms. The monoisotopic (exact) mass is 207 g/mol. The van der Waals surface area contributed by atoms with Gasteiger partial charge in [0.2, 0.25) is 0 Å². The van der Waals surface area contributed by atoms with Crippen LogP contribution in [0, 0.1) is 0 Å². The van der Waals surface area contributed by atoms with E-state index in [1.165, 1.54) is 0 Å². The topological polar surface area (TPSA) is 72.5 Å². The maximum absolute atomic E-state index is 10.9. The molecular weight excluding hydrogens is 198 g/mol. The molecule has 1 saturated heterocycles. The number of nitrogens with one attached hydrogen (secondary N) is 1. The first-order valence-electron chi connectivity index (χ1n) is 3.57. The van der Waals surface area contributed by atoms with E-state index in [0.717, 1.165) is 6.92 Å². The quantitative estimate of drug-likeness (QED) is 0.461. The van der Waals surface area contributed by atoms with Crippen molar-refractivity contribution in [3.8, 4) is 0 Å². The Morgan fingerprint density at radius 1 is 1.54 bits per heavy atom. The van der Waals surface area contributed by atoms with Crippen LogP contribution in [-0.2, 0) is 19.1 Å². The lowest BCUT2D eigenvalue weighted by Crippen LogP contribution is -2.33. The molecule has 0 bridgehead atoms. The lowest BCUT2D eigenvalue weighted by atomic mass is 10.2. The molecule has 0 saturated carbocycles. The van der Waals surface area contributed by atoms with Gasteiger partial charge in [0, 0.05) is 13.3 Å². The van der Waals surface area contributed by atoms with E-state index < -0.39 is 18.0 Å². The van der Waals surface area contributed by atoms with Crippen molar-refractivity contribution in [3.63, 3.8) is 0 Å². The molecule has 1 aliphatic heterocycles. The molecule has 0 aliphatic carbocycles. The summed E-state index contributed by atoms with van der Waals surface area (Å²) in [7, 11) is 0. The van der Waals surface area contributed by atoms with E-state index in [1.807, 2.05) is 0 Å². The molecule has 74 valence electrons. The summed E-state index contributed by atoms with van der Waals surface area (Å²) >= 11 is 0. The maximum Gasteiger partial charge on any atom is 0.331 e. The lowest BCUT2D eigenvalue weighted by molar-refractivity contribution is -0.159. The molecule has 1 atom stereocenters. The molecule has 0 spiro atoms. The van der Waals surface area contributed by atoms with Crippen molar-refractivity contribution in [1.29, 1.82) is 0 Å². The third-order valence-corrected chi connectivity index (χ3v) is 1.51. The van der Waals surface area contributed by atoms with E-state index >= 15 is 0 Å². The Bertz CT molecular complexity index is 241. The van der Waals surface area contributed by atoms with Crippen LogP contribution in [0.3, 0.4) is 0 Å². The third-order valence-electron chi connectivity index (χ3n) is 1.51. The highest BCUT2D eigenvalue weighted by atomic mass is 35.5. The predicted octanol–water partition coefficient (Wildman–Crippen LogP) is -0.571. The van der Waals surface area contributed by atoms with Gasteiger partial charge in [-0.1, -0.05) is 0 Å². The van der Waals surface area contributed by atoms with Crippen LogP contribution in [0.15, 0.2) is 0 Å². The highest BCUT2D eigenvalue weighted by molar-refractivity contribution is 5.94. The number of carbonyl (C=O) groups is 3. The highest BCUT2D eigenvalue weighted by Crippen LogP contribution is 2.03. The molecule has 13 heavy (non-hydrogen) atoms. The lowest BCUT2D eigenvalue weighted by Gasteiger charge is -2.05. The normalized spacial score (nSPS) is 20.7. The fourth-order valence-corrected chi connectivity index (χ4v) is 0.988. The molecule has 1 heterocycles. The second kappa shape index (κ2) is 4.94. The van der Waals surface area contributed by atoms with Crippen LogP contribution in [0.4, 0.5) is 0 Å². The van der Waals surface area contributed by atoms with Crippen molar-refractivity contribution >= 4 is 30.1 Å². The minimum Gasteiger partial charge on any atom is -0.392 e. The predicted molar refractivity (Wildman–Crippen MR) is 45.4 cm³/mol. The second-order valence-electron chi connectivity index (χ2n) is 2.59. The van der Waals surface area contributed by atoms with Gasteiger partial charge in [-0.15, -0.1) is 12.4 Å². The molecule has 1 fully saturated rings. The van der Waals surface area contributed by atoms with Crippen molar-refractivity contribution in [3.05, 3.63) is 0 Å². The molecule has 0 aromatic carbocycles. The number of halogens is 1. The SMILES string of the molecule is CC(=O)OC(=O)[C@@H]1CC(=O)CN1.Cl. The van der Waals surface area contributed by atoms with Gasteiger partial charge < -0.3 is 4.74 Å². The molecule has 1 rings (SSSR count). The molecule has 0 aromatic heterocycles. The third kappa shape index (κ3) is 3.52. The zero-order valence-electron chi connectivity index (χ0n) is 7.03. The molecule has 5 nitrogen and oxygen atoms in total. The zero-order chi connectivity index (χ0) is 9.14. The van der Waals surface area contributed by atoms with Gasteiger partial charge in [-0.05, 0) is 0 Å². The molecule has 0 unspecified atom stereocenters. The Morgan fingerprint density at radius 3 is 2.54 bits per heavy atom. The van der Waals surface area contributed by atoms with Gasteiger partial charge in [0.15, 0.2) is 0 Å². The van der Waals surface area contributed by atoms with E-state index in [9.17, 15) is 14.4 Å². The average molecular weight is 208 g/mol. The van der Waals surface area contributed by atoms with Crippen molar-refractivity contribution < 1.29 is 19.1 Å². The van der Waals surface area contributed by atoms with Gasteiger partial charge >= 0.3 is 11.9 Å². The van der Waals surface area contributed by atoms with E-state index in [0.29, 0.717) is 0 Å². The summed E-state index contributed by atoms with van der Waals surface area (Å²) in [4.78, 5) is 32.0. The minimum absolute atomic E-state index is 0. The summed E-state index contributed by atoms with van der Waals surface area (Å²) in [5.74, 6) is -1.37. The number of hydrogen-bond donors (Lipinski definition) is 1. The van der Waals surface area contributed by atoms with E-state index in [4.69, 9.17) is 0 Å². The largest absolute Gasteiger partial charge is 0.392 e. The van der Waals surface area contributed by atoms with Crippen LogP contribution in [0.2, 0.25) is 0 Å². The Hall–Kier alpha value is -0.940. The van der Waals surface area contributed by atoms with Gasteiger partial charge in [-0.25, -0.2) is 4.79 Å². The molecule has 0 aromatic rings. The highest BCUT2D eigenvalue weighted by Gasteiger charge is 2.29. The van der Waals surface area contributed by atoms with Crippen molar-refractivity contribution in [2.24, 2.45) is 0 Å². The number of ether oxygens (including phenoxy) is 1. The number of esters is 2. The smallest absolute Gasteiger partial charge is 0.331 e. The van der Waals surface area contributed by atoms with Crippen molar-refractivity contribution in [1.82, 2.24) is 5.32 Å². The molecule has 1 N–H and O–H groups in total. The van der Waals surface area contributed by atoms with Crippen LogP contribution >= 0.6 is 12.4 Å². The van der Waals surface area contributed by atoms with E-state index in [2.05, 4.69) is 10.1 Å². The van der Waals surface area contributed by atoms with Crippen molar-refractivity contribution in [2.75, 3.05) is 6.54 Å². The number of hydrogen-bond acceptors (Lipinski definition) is 5. The number of rotatable bonds is 1. The fourth-order valence-electron chi connectivity index (χ4n) is 0.988. The summed E-state index contributed by atoms with van der Waals surface area (Å²) < 4.78 is 4.29. The Balaban J connectivity index is 0.00000144. The van der Waals surface area contributed by atoms with Gasteiger partial charge in [0.1, 0.15) is 11.8 Å². The Kier molecular flexibility index (Phi) is 4.58. The first-order chi connectivity index (χ1) is 5.59. The second-order valence-corrected chi connectivity index (χ2v) is 2.59. The van der Waals surface area contributed by atoms with Gasteiger partial charge in [-0.2, -0.15) is 0 Å². The van der Waals surface area contributed by atoms with E-state index in [-0.39, 0.29) is 31.2 Å². The number of Topliss-reactive ketones (excluding diaryl/α,β-unsaturated/α-hetero) is 1. The maximum atomic E-state index is 10.9. The van der Waals surface area contributed by atoms with Crippen LogP contribution in [0.25, 0.3) is 0 Å². The average Bonchev–Trinajstić information content (AvgIpc) is 2.34.